The van der Waals surface area contributed by atoms with E-state index in [1.807, 2.05) is 12.1 Å². The van der Waals surface area contributed by atoms with E-state index in [4.69, 9.17) is 4.74 Å². The molecule has 5 aliphatic rings. The second-order valence-electron chi connectivity index (χ2n) is 8.42. The zero-order valence-electron chi connectivity index (χ0n) is 13.9. The number of nitrogens with zero attached hydrogens (tertiary/aromatic N) is 1. The zero-order valence-corrected chi connectivity index (χ0v) is 13.9. The van der Waals surface area contributed by atoms with Crippen molar-refractivity contribution in [1.29, 1.82) is 0 Å². The fraction of sp³-hybridized carbons (Fsp3) is 0.600. The Kier molecular flexibility index (Phi) is 2.39. The summed E-state index contributed by atoms with van der Waals surface area (Å²) in [6, 6.07) is 2.42. The first-order chi connectivity index (χ1) is 11.6. The molecule has 5 atom stereocenters. The third kappa shape index (κ3) is 1.40. The van der Waals surface area contributed by atoms with Crippen molar-refractivity contribution in [2.24, 2.45) is 5.92 Å². The lowest BCUT2D eigenvalue weighted by Crippen LogP contribution is -2.64. The average Bonchev–Trinajstić information content (AvgIpc) is 3.34. The Morgan fingerprint density at radius 1 is 1.29 bits per heavy atom. The van der Waals surface area contributed by atoms with E-state index < -0.39 is 6.10 Å². The molecule has 4 nitrogen and oxygen atoms in total. The van der Waals surface area contributed by atoms with E-state index in [1.165, 1.54) is 29.5 Å². The van der Waals surface area contributed by atoms with Gasteiger partial charge in [-0.15, -0.1) is 0 Å². The molecule has 1 saturated heterocycles. The number of benzene rings is 1. The van der Waals surface area contributed by atoms with Crippen LogP contribution in [0, 0.1) is 5.92 Å². The van der Waals surface area contributed by atoms with Crippen LogP contribution in [0.5, 0.6) is 11.5 Å². The van der Waals surface area contributed by atoms with Crippen molar-refractivity contribution in [3.63, 3.8) is 0 Å². The van der Waals surface area contributed by atoms with Crippen LogP contribution in [0.15, 0.2) is 18.2 Å². The number of aliphatic hydroxyl groups is 1. The summed E-state index contributed by atoms with van der Waals surface area (Å²) in [4.78, 5) is 2.49. The highest BCUT2D eigenvalue weighted by atomic mass is 16.5. The van der Waals surface area contributed by atoms with Gasteiger partial charge in [-0.2, -0.15) is 0 Å². The maximum Gasteiger partial charge on any atom is 0.165 e. The van der Waals surface area contributed by atoms with Crippen LogP contribution in [0.25, 0.3) is 0 Å². The smallest absolute Gasteiger partial charge is 0.165 e. The first-order valence-electron chi connectivity index (χ1n) is 9.24. The Labute approximate surface area is 141 Å². The summed E-state index contributed by atoms with van der Waals surface area (Å²) in [7, 11) is 2.23. The Morgan fingerprint density at radius 2 is 2.12 bits per heavy atom. The van der Waals surface area contributed by atoms with E-state index in [9.17, 15) is 10.2 Å². The Balaban J connectivity index is 1.68. The topological polar surface area (TPSA) is 52.9 Å². The normalized spacial score (nSPS) is 41.9. The van der Waals surface area contributed by atoms with Gasteiger partial charge in [0.05, 0.1) is 0 Å². The molecule has 3 aliphatic carbocycles. The molecule has 126 valence electrons. The van der Waals surface area contributed by atoms with Gasteiger partial charge in [0.2, 0.25) is 0 Å². The molecule has 4 heteroatoms. The lowest BCUT2D eigenvalue weighted by atomic mass is 9.53. The fourth-order valence-corrected chi connectivity index (χ4v) is 6.11. The molecule has 2 N–H and O–H groups in total. The van der Waals surface area contributed by atoms with Crippen LogP contribution in [0.4, 0.5) is 0 Å². The van der Waals surface area contributed by atoms with Crippen molar-refractivity contribution >= 4 is 0 Å². The number of hydrogen-bond donors (Lipinski definition) is 2. The number of rotatable bonds is 1. The molecule has 2 bridgehead atoms. The monoisotopic (exact) mass is 325 g/mol. The quantitative estimate of drug-likeness (QED) is 0.776. The summed E-state index contributed by atoms with van der Waals surface area (Å²) in [5.41, 5.74) is 3.85. The van der Waals surface area contributed by atoms with E-state index in [0.29, 0.717) is 23.6 Å². The number of likely N-dealkylation sites (tertiary alicyclic amines) is 1. The SMILES string of the molecule is CN1CC[C@]23c4c5c(C6CC6)cc(O)c4O[C@H]2[C@@H](O)C=C[C@H]3[C@H]1C5. The maximum atomic E-state index is 10.7. The molecule has 1 saturated carbocycles. The molecule has 2 aliphatic heterocycles. The Bertz CT molecular complexity index is 784. The van der Waals surface area contributed by atoms with E-state index in [-0.39, 0.29) is 17.3 Å². The van der Waals surface area contributed by atoms with Gasteiger partial charge in [-0.25, -0.2) is 0 Å². The van der Waals surface area contributed by atoms with Gasteiger partial charge < -0.3 is 19.8 Å². The molecule has 1 aromatic rings. The van der Waals surface area contributed by atoms with E-state index in [0.717, 1.165) is 19.4 Å². The largest absolute Gasteiger partial charge is 0.504 e. The standard InChI is InChI=1S/C20H23NO3/c1-21-7-6-20-13-4-5-15(22)19(20)24-18-16(23)9-11(10-2-3-10)12(17(18)20)8-14(13)21/h4-5,9-10,13-15,19,22-23H,2-3,6-8H2,1H3/t13-,14+,15-,19-,20-/m0/s1. The van der Waals surface area contributed by atoms with Crippen LogP contribution < -0.4 is 4.74 Å². The van der Waals surface area contributed by atoms with Gasteiger partial charge >= 0.3 is 0 Å². The van der Waals surface area contributed by atoms with Crippen molar-refractivity contribution in [3.05, 3.63) is 34.9 Å². The Morgan fingerprint density at radius 3 is 2.92 bits per heavy atom. The van der Waals surface area contributed by atoms with Crippen LogP contribution in [0.2, 0.25) is 0 Å². The van der Waals surface area contributed by atoms with Gasteiger partial charge in [0.25, 0.3) is 0 Å². The van der Waals surface area contributed by atoms with E-state index in [2.05, 4.69) is 18.0 Å². The highest BCUT2D eigenvalue weighted by Gasteiger charge is 2.64. The molecule has 2 fully saturated rings. The third-order valence-electron chi connectivity index (χ3n) is 7.33. The van der Waals surface area contributed by atoms with Gasteiger partial charge in [0.1, 0.15) is 12.2 Å². The second kappa shape index (κ2) is 4.17. The number of ether oxygens (including phenoxy) is 1. The van der Waals surface area contributed by atoms with Crippen LogP contribution in [-0.4, -0.2) is 47.0 Å². The minimum atomic E-state index is -0.590. The molecule has 0 radical (unpaired) electrons. The minimum absolute atomic E-state index is 0.156. The van der Waals surface area contributed by atoms with Gasteiger partial charge in [-0.05, 0) is 62.4 Å². The lowest BCUT2D eigenvalue weighted by Gasteiger charge is -2.56. The number of aromatic hydroxyl groups is 1. The first-order valence-corrected chi connectivity index (χ1v) is 9.24. The van der Waals surface area contributed by atoms with Gasteiger partial charge in [0.15, 0.2) is 11.5 Å². The molecule has 1 aromatic carbocycles. The van der Waals surface area contributed by atoms with E-state index >= 15 is 0 Å². The number of likely N-dealkylation sites (N-methyl/N-ethyl adjacent to an activating group) is 1. The number of hydrogen-bond acceptors (Lipinski definition) is 4. The van der Waals surface area contributed by atoms with Crippen LogP contribution in [0.3, 0.4) is 0 Å². The van der Waals surface area contributed by atoms with Crippen molar-refractivity contribution in [2.75, 3.05) is 13.6 Å². The van der Waals surface area contributed by atoms with Crippen LogP contribution in [-0.2, 0) is 11.8 Å². The summed E-state index contributed by atoms with van der Waals surface area (Å²) < 4.78 is 6.24. The van der Waals surface area contributed by atoms with Crippen molar-refractivity contribution in [2.45, 2.75) is 55.3 Å². The molecule has 0 aromatic heterocycles. The maximum absolute atomic E-state index is 10.7. The third-order valence-corrected chi connectivity index (χ3v) is 7.33. The van der Waals surface area contributed by atoms with Gasteiger partial charge in [-0.3, -0.25) is 0 Å². The van der Waals surface area contributed by atoms with Gasteiger partial charge in [-0.1, -0.05) is 12.2 Å². The van der Waals surface area contributed by atoms with Crippen molar-refractivity contribution in [1.82, 2.24) is 4.90 Å². The van der Waals surface area contributed by atoms with Crippen molar-refractivity contribution < 1.29 is 14.9 Å². The fourth-order valence-electron chi connectivity index (χ4n) is 6.11. The lowest BCUT2D eigenvalue weighted by molar-refractivity contribution is -0.0454. The summed E-state index contributed by atoms with van der Waals surface area (Å²) in [6.45, 7) is 1.02. The molecule has 1 spiro atoms. The highest BCUT2D eigenvalue weighted by Crippen LogP contribution is 2.64. The second-order valence-corrected chi connectivity index (χ2v) is 8.42. The number of aliphatic hydroxyl groups excluding tert-OH is 1. The number of phenolic OH excluding ortho intramolecular Hbond substituents is 1. The summed E-state index contributed by atoms with van der Waals surface area (Å²) in [5.74, 6) is 1.92. The molecule has 6 rings (SSSR count). The van der Waals surface area contributed by atoms with Crippen LogP contribution >= 0.6 is 0 Å². The van der Waals surface area contributed by atoms with Crippen LogP contribution in [0.1, 0.15) is 41.9 Å². The predicted octanol–water partition coefficient (Wildman–Crippen LogP) is 2.08. The molecule has 0 amide bonds. The zero-order chi connectivity index (χ0) is 16.2. The molecular weight excluding hydrogens is 302 g/mol. The average molecular weight is 325 g/mol. The van der Waals surface area contributed by atoms with E-state index in [1.54, 1.807) is 0 Å². The predicted molar refractivity (Wildman–Crippen MR) is 89.6 cm³/mol. The molecule has 0 unspecified atom stereocenters. The summed E-state index contributed by atoms with van der Waals surface area (Å²) in [6.07, 6.45) is 7.78. The molecule has 24 heavy (non-hydrogen) atoms. The summed E-state index contributed by atoms with van der Waals surface area (Å²) in [5, 5.41) is 21.3. The first kappa shape index (κ1) is 13.7. The Hall–Kier alpha value is -1.52. The molecule has 2 heterocycles. The highest BCUT2D eigenvalue weighted by molar-refractivity contribution is 5.65. The molecular formula is C20H23NO3. The minimum Gasteiger partial charge on any atom is -0.504 e. The van der Waals surface area contributed by atoms with Gasteiger partial charge in [0, 0.05) is 22.9 Å². The van der Waals surface area contributed by atoms with Crippen molar-refractivity contribution in [3.8, 4) is 11.5 Å². The number of piperidine rings is 1. The number of phenols is 1. The summed E-state index contributed by atoms with van der Waals surface area (Å²) >= 11 is 0.